The van der Waals surface area contributed by atoms with Crippen LogP contribution in [0.2, 0.25) is 0 Å². The quantitative estimate of drug-likeness (QED) is 0.708. The van der Waals surface area contributed by atoms with E-state index in [-0.39, 0.29) is 10.3 Å². The van der Waals surface area contributed by atoms with E-state index in [2.05, 4.69) is 32.4 Å². The average Bonchev–Trinajstić information content (AvgIpc) is 2.85. The Balaban J connectivity index is 2.15. The molecule has 0 fully saturated rings. The largest absolute Gasteiger partial charge is 0.331 e. The van der Waals surface area contributed by atoms with Crippen molar-refractivity contribution >= 4 is 23.1 Å². The first-order valence-corrected chi connectivity index (χ1v) is 5.86. The third-order valence-electron chi connectivity index (χ3n) is 2.76. The fourth-order valence-corrected chi connectivity index (χ4v) is 1.97. The zero-order valence-corrected chi connectivity index (χ0v) is 10.3. The van der Waals surface area contributed by atoms with Crippen molar-refractivity contribution in [2.45, 2.75) is 5.92 Å². The van der Waals surface area contributed by atoms with Gasteiger partial charge in [0.1, 0.15) is 0 Å². The third-order valence-corrected chi connectivity index (χ3v) is 2.96. The minimum atomic E-state index is -3.24. The van der Waals surface area contributed by atoms with Gasteiger partial charge in [-0.25, -0.2) is 0 Å². The molecule has 0 unspecified atom stereocenters. The predicted molar refractivity (Wildman–Crippen MR) is 68.5 cm³/mol. The van der Waals surface area contributed by atoms with Crippen LogP contribution in [0.3, 0.4) is 0 Å². The number of nitrogens with zero attached hydrogens (tertiary/aromatic N) is 2. The molecular formula is C12H8F2N4S. The van der Waals surface area contributed by atoms with Gasteiger partial charge in [0.25, 0.3) is 0 Å². The molecule has 4 nitrogen and oxygen atoms in total. The van der Waals surface area contributed by atoms with Crippen molar-refractivity contribution in [1.29, 1.82) is 0 Å². The molecule has 2 N–H and O–H groups in total. The Morgan fingerprint density at radius 2 is 2.00 bits per heavy atom. The summed E-state index contributed by atoms with van der Waals surface area (Å²) in [4.78, 5) is 7.67. The van der Waals surface area contributed by atoms with Gasteiger partial charge in [0.2, 0.25) is 4.77 Å². The molecule has 1 aromatic carbocycles. The van der Waals surface area contributed by atoms with Crippen molar-refractivity contribution in [3.05, 3.63) is 52.7 Å². The molecule has 2 aromatic heterocycles. The molecule has 3 aromatic rings. The van der Waals surface area contributed by atoms with Crippen LogP contribution in [0.15, 0.2) is 36.5 Å². The second-order valence-corrected chi connectivity index (χ2v) is 4.39. The fourth-order valence-electron chi connectivity index (χ4n) is 1.83. The van der Waals surface area contributed by atoms with Crippen molar-refractivity contribution in [1.82, 2.24) is 20.2 Å². The van der Waals surface area contributed by atoms with Crippen LogP contribution in [0, 0.1) is 4.77 Å². The summed E-state index contributed by atoms with van der Waals surface area (Å²) in [6.07, 6.45) is 1.62. The van der Waals surface area contributed by atoms with Gasteiger partial charge in [-0.3, -0.25) is 15.2 Å². The van der Waals surface area contributed by atoms with E-state index in [1.54, 1.807) is 24.4 Å². The number of H-pyrrole nitrogens is 2. The van der Waals surface area contributed by atoms with Gasteiger partial charge in [0.15, 0.2) is 5.82 Å². The van der Waals surface area contributed by atoms with E-state index in [4.69, 9.17) is 0 Å². The lowest BCUT2D eigenvalue weighted by Gasteiger charge is -2.14. The molecule has 0 saturated heterocycles. The number of halogens is 2. The van der Waals surface area contributed by atoms with Crippen LogP contribution in [-0.2, 0) is 5.92 Å². The maximum absolute atomic E-state index is 14.2. The Kier molecular flexibility index (Phi) is 2.63. The molecule has 7 heteroatoms. The van der Waals surface area contributed by atoms with Crippen molar-refractivity contribution in [3.63, 3.8) is 0 Å². The highest BCUT2D eigenvalue weighted by Gasteiger charge is 2.37. The number of benzene rings is 1. The summed E-state index contributed by atoms with van der Waals surface area (Å²) < 4.78 is 28.5. The number of pyridine rings is 1. The summed E-state index contributed by atoms with van der Waals surface area (Å²) in [6, 6.07) is 7.72. The normalized spacial score (nSPS) is 11.9. The number of nitrogens with one attached hydrogen (secondary N) is 2. The molecule has 0 aliphatic rings. The smallest absolute Gasteiger partial charge is 0.280 e. The highest BCUT2D eigenvalue weighted by molar-refractivity contribution is 7.71. The molecule has 0 bridgehead atoms. The lowest BCUT2D eigenvalue weighted by Crippen LogP contribution is -2.17. The van der Waals surface area contributed by atoms with Crippen LogP contribution in [0.1, 0.15) is 11.4 Å². The molecule has 0 saturated carbocycles. The van der Waals surface area contributed by atoms with Gasteiger partial charge >= 0.3 is 5.92 Å². The SMILES string of the molecule is FC(F)(c1ccc2ncccc2c1)c1nc(=S)[nH][nH]1. The second kappa shape index (κ2) is 4.20. The molecule has 96 valence electrons. The summed E-state index contributed by atoms with van der Waals surface area (Å²) >= 11 is 4.69. The molecular weight excluding hydrogens is 270 g/mol. The van der Waals surface area contributed by atoms with E-state index >= 15 is 0 Å². The minimum Gasteiger partial charge on any atom is -0.280 e. The van der Waals surface area contributed by atoms with Crippen molar-refractivity contribution in [2.24, 2.45) is 0 Å². The molecule has 0 spiro atoms. The molecule has 0 radical (unpaired) electrons. The highest BCUT2D eigenvalue weighted by atomic mass is 32.1. The zero-order chi connectivity index (χ0) is 13.5. The van der Waals surface area contributed by atoms with Gasteiger partial charge in [-0.2, -0.15) is 13.8 Å². The summed E-state index contributed by atoms with van der Waals surface area (Å²) in [7, 11) is 0. The van der Waals surface area contributed by atoms with E-state index in [1.807, 2.05) is 0 Å². The standard InChI is InChI=1S/C12H8F2N4S/c13-12(14,10-16-11(19)18-17-10)8-3-4-9-7(6-8)2-1-5-15-9/h1-6H,(H2,16,17,18,19). The number of aromatic amines is 2. The van der Waals surface area contributed by atoms with Crippen LogP contribution in [0.4, 0.5) is 8.78 Å². The molecule has 2 heterocycles. The number of hydrogen-bond acceptors (Lipinski definition) is 3. The predicted octanol–water partition coefficient (Wildman–Crippen LogP) is 3.16. The van der Waals surface area contributed by atoms with Crippen LogP contribution in [-0.4, -0.2) is 20.2 Å². The number of hydrogen-bond donors (Lipinski definition) is 2. The number of rotatable bonds is 2. The maximum Gasteiger partial charge on any atom is 0.331 e. The van der Waals surface area contributed by atoms with Crippen LogP contribution in [0.5, 0.6) is 0 Å². The molecule has 0 amide bonds. The molecule has 0 aliphatic carbocycles. The lowest BCUT2D eigenvalue weighted by atomic mass is 10.1. The highest BCUT2D eigenvalue weighted by Crippen LogP contribution is 2.34. The second-order valence-electron chi connectivity index (χ2n) is 4.00. The Morgan fingerprint density at radius 1 is 1.16 bits per heavy atom. The van der Waals surface area contributed by atoms with Gasteiger partial charge < -0.3 is 0 Å². The van der Waals surface area contributed by atoms with Crippen LogP contribution < -0.4 is 0 Å². The van der Waals surface area contributed by atoms with E-state index in [9.17, 15) is 8.78 Å². The van der Waals surface area contributed by atoms with E-state index in [0.29, 0.717) is 10.9 Å². The monoisotopic (exact) mass is 278 g/mol. The van der Waals surface area contributed by atoms with Gasteiger partial charge in [-0.05, 0) is 30.4 Å². The Hall–Kier alpha value is -2.15. The van der Waals surface area contributed by atoms with E-state index in [0.717, 1.165) is 0 Å². The third kappa shape index (κ3) is 2.01. The zero-order valence-electron chi connectivity index (χ0n) is 9.52. The Bertz CT molecular complexity index is 793. The topological polar surface area (TPSA) is 57.4 Å². The average molecular weight is 278 g/mol. The first-order chi connectivity index (χ1) is 9.07. The van der Waals surface area contributed by atoms with Crippen molar-refractivity contribution < 1.29 is 8.78 Å². The first kappa shape index (κ1) is 11.9. The molecule has 19 heavy (non-hydrogen) atoms. The maximum atomic E-state index is 14.2. The van der Waals surface area contributed by atoms with Crippen molar-refractivity contribution in [2.75, 3.05) is 0 Å². The van der Waals surface area contributed by atoms with Crippen molar-refractivity contribution in [3.8, 4) is 0 Å². The molecule has 0 atom stereocenters. The van der Waals surface area contributed by atoms with Gasteiger partial charge in [0.05, 0.1) is 5.52 Å². The molecule has 0 aliphatic heterocycles. The van der Waals surface area contributed by atoms with Crippen LogP contribution in [0.25, 0.3) is 10.9 Å². The minimum absolute atomic E-state index is 0.00266. The van der Waals surface area contributed by atoms with Gasteiger partial charge in [-0.15, -0.1) is 0 Å². The summed E-state index contributed by atoms with van der Waals surface area (Å²) in [5, 5.41) is 5.30. The fraction of sp³-hybridized carbons (Fsp3) is 0.0833. The van der Waals surface area contributed by atoms with Crippen LogP contribution >= 0.6 is 12.2 Å². The number of aromatic nitrogens is 4. The summed E-state index contributed by atoms with van der Waals surface area (Å²) in [5.74, 6) is -3.74. The first-order valence-electron chi connectivity index (χ1n) is 5.45. The number of fused-ring (bicyclic) bond motifs is 1. The lowest BCUT2D eigenvalue weighted by molar-refractivity contribution is 0.0333. The Morgan fingerprint density at radius 3 is 2.74 bits per heavy atom. The Labute approximate surface area is 111 Å². The summed E-state index contributed by atoms with van der Waals surface area (Å²) in [6.45, 7) is 0. The summed E-state index contributed by atoms with van der Waals surface area (Å²) in [5.41, 5.74) is 0.503. The number of alkyl halides is 2. The van der Waals surface area contributed by atoms with Gasteiger partial charge in [-0.1, -0.05) is 12.1 Å². The van der Waals surface area contributed by atoms with E-state index < -0.39 is 11.7 Å². The van der Waals surface area contributed by atoms with E-state index in [1.165, 1.54) is 12.1 Å². The molecule has 3 rings (SSSR count). The van der Waals surface area contributed by atoms with Gasteiger partial charge in [0, 0.05) is 17.1 Å².